The number of fused-ring (bicyclic) bond motifs is 6. The van der Waals surface area contributed by atoms with Crippen molar-refractivity contribution in [3.63, 3.8) is 0 Å². The van der Waals surface area contributed by atoms with Crippen LogP contribution >= 0.6 is 0 Å². The number of benzene rings is 4. The summed E-state index contributed by atoms with van der Waals surface area (Å²) < 4.78 is 0. The van der Waals surface area contributed by atoms with Gasteiger partial charge in [0.2, 0.25) is 0 Å². The van der Waals surface area contributed by atoms with Gasteiger partial charge in [0.1, 0.15) is 0 Å². The van der Waals surface area contributed by atoms with Gasteiger partial charge in [-0.2, -0.15) is 13.8 Å². The van der Waals surface area contributed by atoms with E-state index < -0.39 is 11.9 Å². The quantitative estimate of drug-likeness (QED) is 0.0862. The molecule has 47 heavy (non-hydrogen) atoms. The molecule has 0 saturated heterocycles. The van der Waals surface area contributed by atoms with Crippen LogP contribution in [-0.2, 0) is 50.4 Å². The molecular weight excluding hydrogens is 777 g/mol. The summed E-state index contributed by atoms with van der Waals surface area (Å²) >= 11 is 0. The number of carboxylic acid groups (broad SMARTS) is 2. The Morgan fingerprint density at radius 1 is 0.681 bits per heavy atom. The molecule has 3 N–H and O–H groups in total. The zero-order valence-electron chi connectivity index (χ0n) is 27.7. The Balaban J connectivity index is 0. The summed E-state index contributed by atoms with van der Waals surface area (Å²) in [5.41, 5.74) is 2.29. The van der Waals surface area contributed by atoms with Crippen molar-refractivity contribution in [2.75, 3.05) is 7.11 Å². The molecule has 9 heteroatoms. The molecule has 2 aromatic heterocycles. The van der Waals surface area contributed by atoms with Gasteiger partial charge in [0, 0.05) is 85.0 Å². The van der Waals surface area contributed by atoms with E-state index in [4.69, 9.17) is 24.9 Å². The van der Waals surface area contributed by atoms with Gasteiger partial charge in [-0.3, -0.25) is 20.0 Å². The van der Waals surface area contributed by atoms with E-state index in [-0.39, 0.29) is 46.3 Å². The molecule has 0 saturated carbocycles. The monoisotopic (exact) mass is 819 g/mol. The normalized spacial score (nSPS) is 9.57. The van der Waals surface area contributed by atoms with Crippen molar-refractivity contribution in [3.8, 4) is 0 Å². The van der Waals surface area contributed by atoms with E-state index in [1.807, 2.05) is 36.7 Å². The van der Waals surface area contributed by atoms with Gasteiger partial charge in [-0.15, -0.1) is 48.9 Å². The smallest absolute Gasteiger partial charge is 0.300 e. The summed E-state index contributed by atoms with van der Waals surface area (Å²) in [7, 11) is 1.00. The van der Waals surface area contributed by atoms with Crippen molar-refractivity contribution >= 4 is 55.3 Å². The van der Waals surface area contributed by atoms with Gasteiger partial charge in [0.05, 0.1) is 5.52 Å². The SMILES string of the molecule is CC(=O)O.CC(=O)O.CO.[CH2-]C(C)(C)[C-](C)C.[Pd].[Pd].[c-]1cccc2ccc3cccnc3c12.c1ccc2c(c1)ccc1cccnc12. The number of carboxylic acids is 2. The van der Waals surface area contributed by atoms with Crippen molar-refractivity contribution in [3.05, 3.63) is 122 Å². The van der Waals surface area contributed by atoms with Gasteiger partial charge < -0.3 is 33.1 Å². The number of rotatable bonds is 1. The number of carbonyl (C=O) groups is 2. The van der Waals surface area contributed by atoms with Crippen LogP contribution in [-0.4, -0.2) is 44.3 Å². The summed E-state index contributed by atoms with van der Waals surface area (Å²) in [5, 5.41) is 29.0. The molecule has 0 aliphatic heterocycles. The third kappa shape index (κ3) is 16.7. The second-order valence-electron chi connectivity index (χ2n) is 10.6. The molecule has 0 spiro atoms. The molecule has 0 fully saturated rings. The van der Waals surface area contributed by atoms with Crippen molar-refractivity contribution < 1.29 is 65.8 Å². The second-order valence-corrected chi connectivity index (χ2v) is 10.6. The number of nitrogens with zero attached hydrogens (tertiary/aromatic N) is 2. The van der Waals surface area contributed by atoms with Gasteiger partial charge in [-0.25, -0.2) is 0 Å². The Bertz CT molecular complexity index is 1550. The van der Waals surface area contributed by atoms with Crippen LogP contribution in [0.5, 0.6) is 0 Å². The van der Waals surface area contributed by atoms with E-state index in [2.05, 4.69) is 117 Å². The molecule has 0 atom stereocenters. The first-order valence-electron chi connectivity index (χ1n) is 14.2. The third-order valence-corrected chi connectivity index (χ3v) is 6.26. The van der Waals surface area contributed by atoms with Crippen molar-refractivity contribution in [2.45, 2.75) is 41.5 Å². The van der Waals surface area contributed by atoms with Crippen LogP contribution in [0.2, 0.25) is 0 Å². The van der Waals surface area contributed by atoms with Crippen LogP contribution < -0.4 is 0 Å². The Kier molecular flexibility index (Phi) is 23.0. The number of hydrogen-bond acceptors (Lipinski definition) is 5. The first kappa shape index (κ1) is 45.6. The minimum Gasteiger partial charge on any atom is -0.481 e. The average molecular weight is 821 g/mol. The summed E-state index contributed by atoms with van der Waals surface area (Å²) in [6.45, 7) is 14.5. The fourth-order valence-corrected chi connectivity index (χ4v) is 3.55. The minimum absolute atomic E-state index is 0. The topological polar surface area (TPSA) is 121 Å². The Morgan fingerprint density at radius 3 is 1.57 bits per heavy atom. The number of aromatic nitrogens is 2. The summed E-state index contributed by atoms with van der Waals surface area (Å²) in [6, 6.07) is 34.1. The minimum atomic E-state index is -0.833. The molecule has 0 unspecified atom stereocenters. The van der Waals surface area contributed by atoms with Crippen molar-refractivity contribution in [2.24, 2.45) is 5.41 Å². The van der Waals surface area contributed by atoms with E-state index in [1.54, 1.807) is 0 Å². The second kappa shape index (κ2) is 23.7. The third-order valence-electron chi connectivity index (χ3n) is 6.26. The number of pyridine rings is 2. The zero-order chi connectivity index (χ0) is 34.0. The van der Waals surface area contributed by atoms with E-state index in [0.29, 0.717) is 0 Å². The van der Waals surface area contributed by atoms with Crippen LogP contribution in [0.1, 0.15) is 41.5 Å². The van der Waals surface area contributed by atoms with Crippen LogP contribution in [0.4, 0.5) is 0 Å². The molecular formula is C38H43N2O5Pd2-3. The van der Waals surface area contributed by atoms with Crippen LogP contribution in [0.3, 0.4) is 0 Å². The fraction of sp³-hybridized carbons (Fsp3) is 0.211. The zero-order valence-corrected chi connectivity index (χ0v) is 30.8. The maximum atomic E-state index is 9.00. The fourth-order valence-electron chi connectivity index (χ4n) is 3.55. The van der Waals surface area contributed by atoms with E-state index in [1.165, 1.54) is 32.8 Å². The Hall–Kier alpha value is -3.56. The predicted octanol–water partition coefficient (Wildman–Crippen LogP) is 8.82. The molecule has 258 valence electrons. The summed E-state index contributed by atoms with van der Waals surface area (Å²) in [6.07, 6.45) is 3.66. The standard InChI is InChI=1S/C13H9N.C13H8N.C7H14.2C2H4O2.CH4O.2Pd/c2*1-2-6-12-10(4-1)7-8-11-5-3-9-14-13(11)12;1-6(2)7(3,4)5;2*1-2(3)4;1-2;;/h1-9H;1-5,7-9H;3H2,1-2,4-5H3;2*1H3,(H,3,4);2H,1H3;;/q;-1;-2;;;;;. The van der Waals surface area contributed by atoms with E-state index in [0.717, 1.165) is 37.4 Å². The maximum absolute atomic E-state index is 9.00. The van der Waals surface area contributed by atoms with Crippen LogP contribution in [0.25, 0.3) is 43.4 Å². The summed E-state index contributed by atoms with van der Waals surface area (Å²) in [4.78, 5) is 26.8. The first-order valence-corrected chi connectivity index (χ1v) is 14.2. The predicted molar refractivity (Wildman–Crippen MR) is 186 cm³/mol. The van der Waals surface area contributed by atoms with E-state index >= 15 is 0 Å². The van der Waals surface area contributed by atoms with Gasteiger partial charge in [-0.1, -0.05) is 60.7 Å². The first-order chi connectivity index (χ1) is 21.3. The molecule has 0 bridgehead atoms. The number of aliphatic hydroxyl groups excluding tert-OH is 1. The molecule has 0 aliphatic carbocycles. The Labute approximate surface area is 305 Å². The van der Waals surface area contributed by atoms with Crippen molar-refractivity contribution in [1.82, 2.24) is 9.97 Å². The number of aliphatic carboxylic acids is 2. The number of hydrogen-bond donors (Lipinski definition) is 3. The molecule has 0 aliphatic rings. The van der Waals surface area contributed by atoms with Crippen LogP contribution in [0.15, 0.2) is 103 Å². The van der Waals surface area contributed by atoms with Gasteiger partial charge in [0.25, 0.3) is 11.9 Å². The molecule has 0 radical (unpaired) electrons. The maximum Gasteiger partial charge on any atom is 0.300 e. The number of aliphatic hydroxyl groups is 1. The average Bonchev–Trinajstić information content (AvgIpc) is 3.01. The molecule has 7 nitrogen and oxygen atoms in total. The molecule has 6 aromatic rings. The largest absolute Gasteiger partial charge is 0.481 e. The molecule has 4 aromatic carbocycles. The molecule has 0 amide bonds. The van der Waals surface area contributed by atoms with Gasteiger partial charge in [-0.05, 0) is 28.4 Å². The molecule has 6 rings (SSSR count). The van der Waals surface area contributed by atoms with E-state index in [9.17, 15) is 0 Å². The van der Waals surface area contributed by atoms with Gasteiger partial charge in [0.15, 0.2) is 0 Å². The Morgan fingerprint density at radius 2 is 1.06 bits per heavy atom. The summed E-state index contributed by atoms with van der Waals surface area (Å²) in [5.74, 6) is -0.285. The molecule has 2 heterocycles. The van der Waals surface area contributed by atoms with Crippen molar-refractivity contribution in [1.29, 1.82) is 0 Å². The van der Waals surface area contributed by atoms with Gasteiger partial charge >= 0.3 is 0 Å². The van der Waals surface area contributed by atoms with Crippen LogP contribution in [0, 0.1) is 24.3 Å².